The SMILES string of the molecule is Cn1nc(C(C)(C)C)c(C#N)c1N=Nc1c(C(C)(C)C)n(C)c2ccccc12. The molecule has 0 saturated carbocycles. The molecule has 2 heterocycles. The number of nitriles is 1. The highest BCUT2D eigenvalue weighted by Gasteiger charge is 2.28. The first-order valence-corrected chi connectivity index (χ1v) is 9.44. The number of benzene rings is 1. The summed E-state index contributed by atoms with van der Waals surface area (Å²) >= 11 is 0. The molecule has 0 fully saturated rings. The minimum atomic E-state index is -0.243. The summed E-state index contributed by atoms with van der Waals surface area (Å²) in [6.45, 7) is 12.6. The van der Waals surface area contributed by atoms with Crippen LogP contribution in [0.1, 0.15) is 58.5 Å². The van der Waals surface area contributed by atoms with Gasteiger partial charge in [0.15, 0.2) is 5.82 Å². The molecule has 146 valence electrons. The van der Waals surface area contributed by atoms with Crippen LogP contribution in [0.3, 0.4) is 0 Å². The van der Waals surface area contributed by atoms with Crippen molar-refractivity contribution in [3.05, 3.63) is 41.2 Å². The lowest BCUT2D eigenvalue weighted by Crippen LogP contribution is -2.15. The highest BCUT2D eigenvalue weighted by atomic mass is 15.3. The average molecular weight is 377 g/mol. The second-order valence-electron chi connectivity index (χ2n) is 9.26. The van der Waals surface area contributed by atoms with Crippen molar-refractivity contribution in [2.24, 2.45) is 24.3 Å². The van der Waals surface area contributed by atoms with Crippen LogP contribution in [0.5, 0.6) is 0 Å². The molecule has 0 aliphatic heterocycles. The number of fused-ring (bicyclic) bond motifs is 1. The molecule has 0 bridgehead atoms. The van der Waals surface area contributed by atoms with E-state index in [9.17, 15) is 5.26 Å². The fourth-order valence-electron chi connectivity index (χ4n) is 3.69. The summed E-state index contributed by atoms with van der Waals surface area (Å²) in [5.74, 6) is 0.486. The monoisotopic (exact) mass is 376 g/mol. The first-order valence-electron chi connectivity index (χ1n) is 9.44. The Bertz CT molecular complexity index is 1110. The largest absolute Gasteiger partial charge is 0.345 e. The van der Waals surface area contributed by atoms with Crippen molar-refractivity contribution in [3.63, 3.8) is 0 Å². The highest BCUT2D eigenvalue weighted by molar-refractivity contribution is 5.94. The molecule has 0 N–H and O–H groups in total. The van der Waals surface area contributed by atoms with E-state index in [0.29, 0.717) is 11.4 Å². The zero-order valence-corrected chi connectivity index (χ0v) is 18.0. The van der Waals surface area contributed by atoms with Crippen LogP contribution in [0.4, 0.5) is 11.5 Å². The van der Waals surface area contributed by atoms with Gasteiger partial charge in [-0.2, -0.15) is 10.4 Å². The molecule has 0 aliphatic rings. The van der Waals surface area contributed by atoms with Gasteiger partial charge >= 0.3 is 0 Å². The van der Waals surface area contributed by atoms with Crippen LogP contribution in [-0.4, -0.2) is 14.3 Å². The Morgan fingerprint density at radius 1 is 0.964 bits per heavy atom. The predicted molar refractivity (Wildman–Crippen MR) is 112 cm³/mol. The van der Waals surface area contributed by atoms with Crippen molar-refractivity contribution >= 4 is 22.4 Å². The Kier molecular flexibility index (Phi) is 4.66. The van der Waals surface area contributed by atoms with E-state index in [1.54, 1.807) is 11.7 Å². The van der Waals surface area contributed by atoms with Crippen LogP contribution in [-0.2, 0) is 24.9 Å². The summed E-state index contributed by atoms with van der Waals surface area (Å²) in [6, 6.07) is 10.5. The minimum Gasteiger partial charge on any atom is -0.345 e. The number of aromatic nitrogens is 3. The molecule has 0 atom stereocenters. The molecule has 1 aromatic carbocycles. The molecule has 3 rings (SSSR count). The van der Waals surface area contributed by atoms with Crippen LogP contribution in [0, 0.1) is 11.3 Å². The van der Waals surface area contributed by atoms with Gasteiger partial charge in [-0.15, -0.1) is 10.2 Å². The van der Waals surface area contributed by atoms with Gasteiger partial charge in [-0.25, -0.2) is 4.68 Å². The average Bonchev–Trinajstić information content (AvgIpc) is 3.07. The Hall–Kier alpha value is -2.94. The van der Waals surface area contributed by atoms with Gasteiger partial charge in [0, 0.05) is 30.3 Å². The minimum absolute atomic E-state index is 0.108. The van der Waals surface area contributed by atoms with Crippen LogP contribution in [0.2, 0.25) is 0 Å². The third-order valence-electron chi connectivity index (χ3n) is 4.87. The first-order chi connectivity index (χ1) is 13.0. The molecule has 0 spiro atoms. The van der Waals surface area contributed by atoms with E-state index in [1.807, 2.05) is 32.9 Å². The zero-order valence-electron chi connectivity index (χ0n) is 18.0. The summed E-state index contributed by atoms with van der Waals surface area (Å²) in [7, 11) is 3.86. The van der Waals surface area contributed by atoms with Crippen LogP contribution in [0.25, 0.3) is 10.9 Å². The quantitative estimate of drug-likeness (QED) is 0.531. The van der Waals surface area contributed by atoms with Crippen molar-refractivity contribution in [2.75, 3.05) is 0 Å². The molecule has 6 nitrogen and oxygen atoms in total. The summed E-state index contributed by atoms with van der Waals surface area (Å²) in [6.07, 6.45) is 0. The Labute approximate surface area is 166 Å². The third-order valence-corrected chi connectivity index (χ3v) is 4.87. The fraction of sp³-hybridized carbons (Fsp3) is 0.455. The predicted octanol–water partition coefficient (Wildman–Crippen LogP) is 5.79. The van der Waals surface area contributed by atoms with Crippen molar-refractivity contribution in [2.45, 2.75) is 52.4 Å². The molecule has 2 aromatic heterocycles. The number of aryl methyl sites for hydroxylation is 2. The van der Waals surface area contributed by atoms with Gasteiger partial charge in [0.25, 0.3) is 0 Å². The molecule has 0 unspecified atom stereocenters. The second kappa shape index (κ2) is 6.59. The van der Waals surface area contributed by atoms with E-state index in [2.05, 4.69) is 65.9 Å². The normalized spacial score (nSPS) is 12.8. The summed E-state index contributed by atoms with van der Waals surface area (Å²) in [5.41, 5.74) is 3.93. The summed E-state index contributed by atoms with van der Waals surface area (Å²) in [4.78, 5) is 0. The molecular formula is C22H28N6. The van der Waals surface area contributed by atoms with Crippen LogP contribution in [0.15, 0.2) is 34.5 Å². The van der Waals surface area contributed by atoms with Gasteiger partial charge in [-0.1, -0.05) is 59.7 Å². The highest BCUT2D eigenvalue weighted by Crippen LogP contribution is 2.41. The molecule has 3 aromatic rings. The van der Waals surface area contributed by atoms with Crippen molar-refractivity contribution in [1.82, 2.24) is 14.3 Å². The summed E-state index contributed by atoms with van der Waals surface area (Å²) < 4.78 is 3.82. The van der Waals surface area contributed by atoms with E-state index in [1.165, 1.54) is 0 Å². The van der Waals surface area contributed by atoms with Gasteiger partial charge < -0.3 is 4.57 Å². The van der Waals surface area contributed by atoms with Gasteiger partial charge in [0.05, 0.1) is 16.9 Å². The van der Waals surface area contributed by atoms with E-state index in [0.717, 1.165) is 28.0 Å². The standard InChI is InChI=1S/C22H28N6/c1-21(2,3)18-15(13-23)20(28(8)26-18)25-24-17-14-11-9-10-12-16(14)27(7)19(17)22(4,5)6/h9-12H,1-8H3. The van der Waals surface area contributed by atoms with Crippen LogP contribution >= 0.6 is 0 Å². The molecule has 6 heteroatoms. The Morgan fingerprint density at radius 3 is 2.18 bits per heavy atom. The topological polar surface area (TPSA) is 71.3 Å². The second-order valence-corrected chi connectivity index (χ2v) is 9.26. The number of azo groups is 1. The van der Waals surface area contributed by atoms with E-state index in [-0.39, 0.29) is 10.8 Å². The molecule has 0 radical (unpaired) electrons. The summed E-state index contributed by atoms with van der Waals surface area (Å²) in [5, 5.41) is 24.5. The van der Waals surface area contributed by atoms with Gasteiger partial charge in [-0.3, -0.25) is 0 Å². The smallest absolute Gasteiger partial charge is 0.191 e. The van der Waals surface area contributed by atoms with Crippen LogP contribution < -0.4 is 0 Å². The van der Waals surface area contributed by atoms with E-state index >= 15 is 0 Å². The van der Waals surface area contributed by atoms with Gasteiger partial charge in [-0.05, 0) is 6.07 Å². The van der Waals surface area contributed by atoms with Gasteiger partial charge in [0.2, 0.25) is 0 Å². The van der Waals surface area contributed by atoms with E-state index < -0.39 is 0 Å². The van der Waals surface area contributed by atoms with Crippen molar-refractivity contribution < 1.29 is 0 Å². The third kappa shape index (κ3) is 3.22. The lowest BCUT2D eigenvalue weighted by Gasteiger charge is -2.20. The van der Waals surface area contributed by atoms with E-state index in [4.69, 9.17) is 0 Å². The molecular weight excluding hydrogens is 348 g/mol. The molecule has 28 heavy (non-hydrogen) atoms. The first kappa shape index (κ1) is 19.8. The Morgan fingerprint density at radius 2 is 1.61 bits per heavy atom. The number of para-hydroxylation sites is 1. The molecule has 0 saturated heterocycles. The Balaban J connectivity index is 2.24. The lowest BCUT2D eigenvalue weighted by molar-refractivity contribution is 0.547. The van der Waals surface area contributed by atoms with Crippen molar-refractivity contribution in [3.8, 4) is 6.07 Å². The number of nitrogens with zero attached hydrogens (tertiary/aromatic N) is 6. The molecule has 0 amide bonds. The van der Waals surface area contributed by atoms with Crippen molar-refractivity contribution in [1.29, 1.82) is 5.26 Å². The lowest BCUT2D eigenvalue weighted by atomic mass is 9.90. The fourth-order valence-corrected chi connectivity index (χ4v) is 3.69. The zero-order chi connectivity index (χ0) is 20.9. The van der Waals surface area contributed by atoms with Gasteiger partial charge in [0.1, 0.15) is 17.3 Å². The number of hydrogen-bond acceptors (Lipinski definition) is 4. The maximum atomic E-state index is 9.72. The molecule has 0 aliphatic carbocycles. The number of hydrogen-bond donors (Lipinski definition) is 0. The number of rotatable bonds is 2. The maximum absolute atomic E-state index is 9.72. The maximum Gasteiger partial charge on any atom is 0.191 e.